The number of benzene rings is 1. The summed E-state index contributed by atoms with van der Waals surface area (Å²) >= 11 is 0. The molecule has 0 spiro atoms. The molecule has 9 nitrogen and oxygen atoms in total. The Morgan fingerprint density at radius 3 is 2.17 bits per heavy atom. The zero-order valence-corrected chi connectivity index (χ0v) is 21.6. The van der Waals surface area contributed by atoms with E-state index in [1.165, 1.54) is 4.90 Å². The van der Waals surface area contributed by atoms with Crippen LogP contribution in [-0.4, -0.2) is 70.9 Å². The molecule has 1 heterocycles. The molecule has 0 radical (unpaired) electrons. The van der Waals surface area contributed by atoms with Gasteiger partial charge in [0.05, 0.1) is 25.2 Å². The molecular weight excluding hydrogens is 452 g/mol. The lowest BCUT2D eigenvalue weighted by Crippen LogP contribution is -2.60. The molecule has 2 rings (SSSR count). The molecular formula is C26H38N2O7. The Hall–Kier alpha value is -3.10. The van der Waals surface area contributed by atoms with Gasteiger partial charge in [0.15, 0.2) is 0 Å². The standard InChI is InChI=1S/C26H38N2O7/c1-16(2)11-23(29)27-9-10-28(26(33)21(27)13-24(30)31)25(32)20-8-7-19(34-14-17(3)4)12-22(20)35-15-18(5)6/h7-8,12,16-18,21H,9-11,13-15H2,1-6H3,(H,30,31)/t21-/m0/s1. The van der Waals surface area contributed by atoms with Gasteiger partial charge >= 0.3 is 5.97 Å². The molecule has 194 valence electrons. The number of carbonyl (C=O) groups excluding carboxylic acids is 3. The smallest absolute Gasteiger partial charge is 0.305 e. The molecule has 1 atom stereocenters. The summed E-state index contributed by atoms with van der Waals surface area (Å²) in [6.45, 7) is 12.7. The maximum Gasteiger partial charge on any atom is 0.305 e. The fourth-order valence-corrected chi connectivity index (χ4v) is 3.67. The van der Waals surface area contributed by atoms with E-state index < -0.39 is 30.2 Å². The van der Waals surface area contributed by atoms with Crippen LogP contribution >= 0.6 is 0 Å². The number of piperazine rings is 1. The zero-order valence-electron chi connectivity index (χ0n) is 21.6. The van der Waals surface area contributed by atoms with Crippen molar-refractivity contribution in [1.82, 2.24) is 9.80 Å². The quantitative estimate of drug-likeness (QED) is 0.473. The number of ether oxygens (including phenoxy) is 2. The van der Waals surface area contributed by atoms with Crippen molar-refractivity contribution in [1.29, 1.82) is 0 Å². The highest BCUT2D eigenvalue weighted by Crippen LogP contribution is 2.29. The number of hydrogen-bond donors (Lipinski definition) is 1. The van der Waals surface area contributed by atoms with E-state index in [1.54, 1.807) is 18.2 Å². The summed E-state index contributed by atoms with van der Waals surface area (Å²) < 4.78 is 11.7. The first-order chi connectivity index (χ1) is 16.4. The highest BCUT2D eigenvalue weighted by atomic mass is 16.5. The van der Waals surface area contributed by atoms with E-state index in [1.807, 2.05) is 41.5 Å². The fourth-order valence-electron chi connectivity index (χ4n) is 3.67. The molecule has 0 bridgehead atoms. The Kier molecular flexibility index (Phi) is 10.1. The second-order valence-corrected chi connectivity index (χ2v) is 10.2. The third kappa shape index (κ3) is 7.97. The van der Waals surface area contributed by atoms with Crippen molar-refractivity contribution in [2.45, 2.75) is 60.4 Å². The van der Waals surface area contributed by atoms with Gasteiger partial charge in [0.2, 0.25) is 5.91 Å². The van der Waals surface area contributed by atoms with E-state index in [4.69, 9.17) is 9.47 Å². The molecule has 1 aliphatic rings. The van der Waals surface area contributed by atoms with Crippen LogP contribution in [0, 0.1) is 17.8 Å². The summed E-state index contributed by atoms with van der Waals surface area (Å²) in [7, 11) is 0. The third-order valence-electron chi connectivity index (χ3n) is 5.35. The Labute approximate surface area is 207 Å². The van der Waals surface area contributed by atoms with Crippen LogP contribution in [0.15, 0.2) is 18.2 Å². The maximum atomic E-state index is 13.5. The summed E-state index contributed by atoms with van der Waals surface area (Å²) in [5.74, 6) is -1.37. The monoisotopic (exact) mass is 490 g/mol. The lowest BCUT2D eigenvalue weighted by Gasteiger charge is -2.39. The SMILES string of the molecule is CC(C)COc1ccc(C(=O)N2CCN(C(=O)CC(C)C)[C@@H](CC(=O)O)C2=O)c(OCC(C)C)c1. The first-order valence-electron chi connectivity index (χ1n) is 12.2. The van der Waals surface area contributed by atoms with E-state index in [0.29, 0.717) is 30.6 Å². The first kappa shape index (κ1) is 28.1. The summed E-state index contributed by atoms with van der Waals surface area (Å²) in [5.41, 5.74) is 0.187. The lowest BCUT2D eigenvalue weighted by atomic mass is 10.0. The minimum Gasteiger partial charge on any atom is -0.493 e. The molecule has 3 amide bonds. The number of imide groups is 1. The maximum absolute atomic E-state index is 13.5. The number of aliphatic carboxylic acids is 1. The van der Waals surface area contributed by atoms with Gasteiger partial charge < -0.3 is 19.5 Å². The Morgan fingerprint density at radius 1 is 0.971 bits per heavy atom. The van der Waals surface area contributed by atoms with E-state index in [9.17, 15) is 24.3 Å². The van der Waals surface area contributed by atoms with Gasteiger partial charge in [-0.15, -0.1) is 0 Å². The van der Waals surface area contributed by atoms with Gasteiger partial charge in [-0.3, -0.25) is 24.1 Å². The molecule has 1 fully saturated rings. The molecule has 35 heavy (non-hydrogen) atoms. The molecule has 0 aromatic heterocycles. The van der Waals surface area contributed by atoms with Crippen LogP contribution < -0.4 is 9.47 Å². The van der Waals surface area contributed by atoms with Crippen molar-refractivity contribution in [2.24, 2.45) is 17.8 Å². The second-order valence-electron chi connectivity index (χ2n) is 10.2. The highest BCUT2D eigenvalue weighted by molar-refractivity contribution is 6.09. The fraction of sp³-hybridized carbons (Fsp3) is 0.615. The summed E-state index contributed by atoms with van der Waals surface area (Å²) in [5, 5.41) is 9.37. The van der Waals surface area contributed by atoms with Crippen LogP contribution in [0.25, 0.3) is 0 Å². The van der Waals surface area contributed by atoms with Gasteiger partial charge in [-0.1, -0.05) is 41.5 Å². The first-order valence-corrected chi connectivity index (χ1v) is 12.2. The van der Waals surface area contributed by atoms with Crippen LogP contribution in [0.4, 0.5) is 0 Å². The van der Waals surface area contributed by atoms with Crippen molar-refractivity contribution in [3.8, 4) is 11.5 Å². The number of hydrogen-bond acceptors (Lipinski definition) is 6. The summed E-state index contributed by atoms with van der Waals surface area (Å²) in [6, 6.07) is 3.62. The number of carboxylic acid groups (broad SMARTS) is 1. The van der Waals surface area contributed by atoms with Crippen LogP contribution in [-0.2, 0) is 14.4 Å². The number of carbonyl (C=O) groups is 4. The van der Waals surface area contributed by atoms with Crippen molar-refractivity contribution in [2.75, 3.05) is 26.3 Å². The second kappa shape index (κ2) is 12.6. The predicted molar refractivity (Wildman–Crippen MR) is 130 cm³/mol. The number of carboxylic acids is 1. The zero-order chi connectivity index (χ0) is 26.3. The predicted octanol–water partition coefficient (Wildman–Crippen LogP) is 3.46. The van der Waals surface area contributed by atoms with Crippen LogP contribution in [0.2, 0.25) is 0 Å². The van der Waals surface area contributed by atoms with Gasteiger partial charge in [0.1, 0.15) is 17.5 Å². The minimum absolute atomic E-state index is 0.0210. The Balaban J connectivity index is 2.33. The largest absolute Gasteiger partial charge is 0.493 e. The molecule has 9 heteroatoms. The van der Waals surface area contributed by atoms with Crippen LogP contribution in [0.3, 0.4) is 0 Å². The van der Waals surface area contributed by atoms with Gasteiger partial charge in [-0.05, 0) is 29.9 Å². The molecule has 1 aliphatic heterocycles. The molecule has 1 saturated heterocycles. The third-order valence-corrected chi connectivity index (χ3v) is 5.35. The lowest BCUT2D eigenvalue weighted by molar-refractivity contribution is -0.154. The summed E-state index contributed by atoms with van der Waals surface area (Å²) in [4.78, 5) is 53.2. The number of rotatable bonds is 11. The number of nitrogens with zero attached hydrogens (tertiary/aromatic N) is 2. The molecule has 0 saturated carbocycles. The van der Waals surface area contributed by atoms with E-state index in [0.717, 1.165) is 4.90 Å². The van der Waals surface area contributed by atoms with Gasteiger partial charge in [-0.25, -0.2) is 0 Å². The van der Waals surface area contributed by atoms with Crippen molar-refractivity contribution < 1.29 is 33.8 Å². The van der Waals surface area contributed by atoms with Gasteiger partial charge in [0.25, 0.3) is 11.8 Å². The molecule has 0 unspecified atom stereocenters. The topological polar surface area (TPSA) is 113 Å². The Bertz CT molecular complexity index is 926. The van der Waals surface area contributed by atoms with Gasteiger partial charge in [0, 0.05) is 25.6 Å². The summed E-state index contributed by atoms with van der Waals surface area (Å²) in [6.07, 6.45) is -0.368. The van der Waals surface area contributed by atoms with E-state index >= 15 is 0 Å². The number of amides is 3. The Morgan fingerprint density at radius 2 is 1.60 bits per heavy atom. The molecule has 1 N–H and O–H groups in total. The van der Waals surface area contributed by atoms with Gasteiger partial charge in [-0.2, -0.15) is 0 Å². The molecule has 1 aromatic carbocycles. The van der Waals surface area contributed by atoms with Crippen LogP contribution in [0.5, 0.6) is 11.5 Å². The van der Waals surface area contributed by atoms with E-state index in [2.05, 4.69) is 0 Å². The van der Waals surface area contributed by atoms with Crippen molar-refractivity contribution >= 4 is 23.7 Å². The van der Waals surface area contributed by atoms with Crippen molar-refractivity contribution in [3.63, 3.8) is 0 Å². The normalized spacial score (nSPS) is 16.3. The highest BCUT2D eigenvalue weighted by Gasteiger charge is 2.41. The van der Waals surface area contributed by atoms with E-state index in [-0.39, 0.29) is 42.8 Å². The average Bonchev–Trinajstić information content (AvgIpc) is 2.76. The minimum atomic E-state index is -1.23. The molecule has 0 aliphatic carbocycles. The van der Waals surface area contributed by atoms with Crippen LogP contribution in [0.1, 0.15) is 64.7 Å². The van der Waals surface area contributed by atoms with Crippen molar-refractivity contribution in [3.05, 3.63) is 23.8 Å². The average molecular weight is 491 g/mol. The molecule has 1 aromatic rings.